The Balaban J connectivity index is 5.82. The standard InChI is InChI=1S/C12H34Si4/c1-11-13-12(14(2,3)4,15(5,6)7)16(8,9)10/h11,13H2,1-10H3. The monoisotopic (exact) mass is 290 g/mol. The summed E-state index contributed by atoms with van der Waals surface area (Å²) in [6.07, 6.45) is 0. The van der Waals surface area contributed by atoms with E-state index in [1.165, 1.54) is 6.04 Å². The minimum absolute atomic E-state index is 0.101. The van der Waals surface area contributed by atoms with E-state index in [1.54, 1.807) is 0 Å². The van der Waals surface area contributed by atoms with E-state index < -0.39 is 24.2 Å². The van der Waals surface area contributed by atoms with Crippen molar-refractivity contribution >= 4 is 33.7 Å². The fourth-order valence-electron chi connectivity index (χ4n) is 4.88. The van der Waals surface area contributed by atoms with Gasteiger partial charge in [0.2, 0.25) is 0 Å². The second kappa shape index (κ2) is 4.86. The quantitative estimate of drug-likeness (QED) is 0.659. The Morgan fingerprint density at radius 3 is 1.00 bits per heavy atom. The van der Waals surface area contributed by atoms with Gasteiger partial charge in [-0.2, -0.15) is 0 Å². The lowest BCUT2D eigenvalue weighted by Gasteiger charge is -2.59. The summed E-state index contributed by atoms with van der Waals surface area (Å²) in [5, 5.41) is 0. The normalized spacial score (nSPS) is 16.1. The van der Waals surface area contributed by atoms with Gasteiger partial charge in [-0.05, 0) is 0 Å². The second-order valence-electron chi connectivity index (χ2n) is 8.41. The topological polar surface area (TPSA) is 0 Å². The van der Waals surface area contributed by atoms with E-state index >= 15 is 0 Å². The largest absolute Gasteiger partial charge is 0.0698 e. The predicted octanol–water partition coefficient (Wildman–Crippen LogP) is 4.38. The third kappa shape index (κ3) is 2.82. The fraction of sp³-hybridized carbons (Fsp3) is 1.00. The summed E-state index contributed by atoms with van der Waals surface area (Å²) in [6, 6.07) is 1.51. The maximum Gasteiger partial charge on any atom is 0.0420 e. The van der Waals surface area contributed by atoms with Crippen molar-refractivity contribution in [2.24, 2.45) is 0 Å². The van der Waals surface area contributed by atoms with Crippen LogP contribution in [0.25, 0.3) is 0 Å². The first-order chi connectivity index (χ1) is 6.81. The fourth-order valence-corrected chi connectivity index (χ4v) is 43.9. The van der Waals surface area contributed by atoms with Crippen LogP contribution in [-0.4, -0.2) is 33.7 Å². The van der Waals surface area contributed by atoms with Crippen LogP contribution in [0.2, 0.25) is 68.9 Å². The van der Waals surface area contributed by atoms with Crippen LogP contribution in [0.4, 0.5) is 0 Å². The molecule has 98 valence electrons. The lowest BCUT2D eigenvalue weighted by atomic mass is 11.0. The van der Waals surface area contributed by atoms with E-state index in [0.717, 1.165) is 3.91 Å². The van der Waals surface area contributed by atoms with Gasteiger partial charge < -0.3 is 0 Å². The van der Waals surface area contributed by atoms with Gasteiger partial charge in [0, 0.05) is 33.7 Å². The Morgan fingerprint density at radius 2 is 0.938 bits per heavy atom. The summed E-state index contributed by atoms with van der Waals surface area (Å²) in [7, 11) is -3.03. The van der Waals surface area contributed by atoms with Gasteiger partial charge in [-0.1, -0.05) is 75.8 Å². The molecule has 0 aromatic carbocycles. The van der Waals surface area contributed by atoms with Crippen molar-refractivity contribution in [3.8, 4) is 0 Å². The third-order valence-corrected chi connectivity index (χ3v) is 38.7. The van der Waals surface area contributed by atoms with Crippen LogP contribution < -0.4 is 0 Å². The zero-order valence-electron chi connectivity index (χ0n) is 13.4. The van der Waals surface area contributed by atoms with Crippen LogP contribution in [0.5, 0.6) is 0 Å². The highest BCUT2D eigenvalue weighted by Crippen LogP contribution is 2.53. The van der Waals surface area contributed by atoms with Gasteiger partial charge in [0.1, 0.15) is 0 Å². The highest BCUT2D eigenvalue weighted by molar-refractivity contribution is 7.23. The third-order valence-electron chi connectivity index (χ3n) is 4.47. The Labute approximate surface area is 109 Å². The number of hydrogen-bond acceptors (Lipinski definition) is 0. The summed E-state index contributed by atoms with van der Waals surface area (Å²) < 4.78 is 0.918. The molecule has 0 aliphatic carbocycles. The molecule has 0 radical (unpaired) electrons. The number of hydrogen-bond donors (Lipinski definition) is 0. The highest BCUT2D eigenvalue weighted by atomic mass is 28.5. The lowest BCUT2D eigenvalue weighted by molar-refractivity contribution is 1.20. The maximum absolute atomic E-state index is 2.66. The molecule has 0 rings (SSSR count). The zero-order valence-corrected chi connectivity index (χ0v) is 17.8. The molecule has 0 aliphatic rings. The first-order valence-electron chi connectivity index (χ1n) is 6.81. The Kier molecular flexibility index (Phi) is 5.12. The van der Waals surface area contributed by atoms with E-state index in [9.17, 15) is 0 Å². The molecule has 0 saturated carbocycles. The molecule has 0 spiro atoms. The summed E-state index contributed by atoms with van der Waals surface area (Å²) in [4.78, 5) is 0. The first kappa shape index (κ1) is 16.9. The number of rotatable bonds is 5. The van der Waals surface area contributed by atoms with Crippen LogP contribution >= 0.6 is 0 Å². The van der Waals surface area contributed by atoms with E-state index in [4.69, 9.17) is 0 Å². The molecule has 0 unspecified atom stereocenters. The SMILES string of the molecule is CC[SiH2]C([Si](C)(C)C)([Si](C)(C)C)[Si](C)(C)C. The van der Waals surface area contributed by atoms with Gasteiger partial charge >= 0.3 is 0 Å². The zero-order chi connectivity index (χ0) is 13.4. The van der Waals surface area contributed by atoms with E-state index in [0.29, 0.717) is 0 Å². The Hall–Kier alpha value is 0.868. The molecule has 0 amide bonds. The van der Waals surface area contributed by atoms with Gasteiger partial charge in [0.05, 0.1) is 0 Å². The van der Waals surface area contributed by atoms with E-state index in [2.05, 4.69) is 65.8 Å². The summed E-state index contributed by atoms with van der Waals surface area (Å²) in [5.74, 6) is 0. The van der Waals surface area contributed by atoms with Crippen LogP contribution in [0.15, 0.2) is 0 Å². The summed E-state index contributed by atoms with van der Waals surface area (Å²) in [5.41, 5.74) is 0. The van der Waals surface area contributed by atoms with E-state index in [1.807, 2.05) is 0 Å². The lowest BCUT2D eigenvalue weighted by Crippen LogP contribution is -2.68. The second-order valence-corrected chi connectivity index (χ2v) is 30.6. The molecule has 16 heavy (non-hydrogen) atoms. The van der Waals surface area contributed by atoms with Crippen molar-refractivity contribution in [3.05, 3.63) is 0 Å². The molecule has 0 heterocycles. The molecule has 0 atom stereocenters. The van der Waals surface area contributed by atoms with Gasteiger partial charge in [-0.15, -0.1) is 0 Å². The molecule has 0 nitrogen and oxygen atoms in total. The van der Waals surface area contributed by atoms with Crippen molar-refractivity contribution in [1.29, 1.82) is 0 Å². The van der Waals surface area contributed by atoms with Gasteiger partial charge in [-0.3, -0.25) is 0 Å². The van der Waals surface area contributed by atoms with Crippen LogP contribution in [0, 0.1) is 0 Å². The Bertz CT molecular complexity index is 191. The summed E-state index contributed by atoms with van der Waals surface area (Å²) in [6.45, 7) is 26.4. The Morgan fingerprint density at radius 1 is 0.688 bits per heavy atom. The minimum atomic E-state index is -1.04. The maximum atomic E-state index is 2.66. The molecular weight excluding hydrogens is 256 g/mol. The smallest absolute Gasteiger partial charge is 0.0420 e. The predicted molar refractivity (Wildman–Crippen MR) is 91.8 cm³/mol. The highest BCUT2D eigenvalue weighted by Gasteiger charge is 2.58. The van der Waals surface area contributed by atoms with Gasteiger partial charge in [0.25, 0.3) is 0 Å². The van der Waals surface area contributed by atoms with Gasteiger partial charge in [0.15, 0.2) is 0 Å². The molecular formula is C12H34Si4. The summed E-state index contributed by atoms with van der Waals surface area (Å²) >= 11 is 0. The van der Waals surface area contributed by atoms with Crippen molar-refractivity contribution in [3.63, 3.8) is 0 Å². The molecule has 0 aromatic heterocycles. The average Bonchev–Trinajstić information content (AvgIpc) is 1.91. The van der Waals surface area contributed by atoms with Crippen molar-refractivity contribution in [2.75, 3.05) is 0 Å². The van der Waals surface area contributed by atoms with Crippen LogP contribution in [-0.2, 0) is 0 Å². The molecule has 0 saturated heterocycles. The van der Waals surface area contributed by atoms with Crippen molar-refractivity contribution in [1.82, 2.24) is 0 Å². The molecule has 0 bridgehead atoms. The molecule has 4 heteroatoms. The molecule has 0 aromatic rings. The molecule has 0 fully saturated rings. The molecule has 0 aliphatic heterocycles. The molecule has 0 N–H and O–H groups in total. The minimum Gasteiger partial charge on any atom is -0.0698 e. The van der Waals surface area contributed by atoms with Crippen LogP contribution in [0.3, 0.4) is 0 Å². The van der Waals surface area contributed by atoms with Crippen molar-refractivity contribution in [2.45, 2.75) is 75.8 Å². The van der Waals surface area contributed by atoms with E-state index in [-0.39, 0.29) is 9.52 Å². The van der Waals surface area contributed by atoms with Crippen LogP contribution in [0.1, 0.15) is 6.92 Å². The van der Waals surface area contributed by atoms with Gasteiger partial charge in [-0.25, -0.2) is 0 Å². The first-order valence-corrected chi connectivity index (χ1v) is 19.0. The average molecular weight is 291 g/mol. The van der Waals surface area contributed by atoms with Crippen molar-refractivity contribution < 1.29 is 0 Å².